The average molecular weight is 453 g/mol. The summed E-state index contributed by atoms with van der Waals surface area (Å²) in [5.74, 6) is 0.961. The van der Waals surface area contributed by atoms with Crippen LogP contribution in [0.2, 0.25) is 5.02 Å². The summed E-state index contributed by atoms with van der Waals surface area (Å²) in [7, 11) is 4.59. The van der Waals surface area contributed by atoms with Gasteiger partial charge in [-0.1, -0.05) is 41.9 Å². The average Bonchev–Trinajstić information content (AvgIpc) is 3.16. The molecule has 4 rings (SSSR count). The molecule has 0 spiro atoms. The van der Waals surface area contributed by atoms with Gasteiger partial charge in [-0.2, -0.15) is 10.1 Å². The van der Waals surface area contributed by atoms with E-state index in [1.807, 2.05) is 42.5 Å². The van der Waals surface area contributed by atoms with E-state index in [0.29, 0.717) is 16.7 Å². The number of aryl methyl sites for hydroxylation is 1. The molecule has 10 heteroatoms. The number of para-hydroxylation sites is 1. The number of ether oxygens (including phenoxy) is 1. The van der Waals surface area contributed by atoms with Crippen molar-refractivity contribution in [1.29, 1.82) is 0 Å². The monoisotopic (exact) mass is 452 g/mol. The molecule has 9 nitrogen and oxygen atoms in total. The predicted octanol–water partition coefficient (Wildman–Crippen LogP) is 2.59. The quantitative estimate of drug-likeness (QED) is 0.358. The SMILES string of the molecule is COc1ccccc1/C=N\Nc1nc2c(c(=O)n(C)c(=O)n2C)n1Cc1ccccc1Cl. The summed E-state index contributed by atoms with van der Waals surface area (Å²) in [5, 5.41) is 4.83. The topological polar surface area (TPSA) is 95.4 Å². The fourth-order valence-electron chi connectivity index (χ4n) is 3.42. The van der Waals surface area contributed by atoms with E-state index in [0.717, 1.165) is 15.7 Å². The maximum atomic E-state index is 13.0. The van der Waals surface area contributed by atoms with Gasteiger partial charge in [-0.3, -0.25) is 18.5 Å². The maximum Gasteiger partial charge on any atom is 0.332 e. The maximum absolute atomic E-state index is 13.0. The fourth-order valence-corrected chi connectivity index (χ4v) is 3.61. The number of nitrogens with one attached hydrogen (secondary N) is 1. The molecule has 1 N–H and O–H groups in total. The van der Waals surface area contributed by atoms with Gasteiger partial charge in [-0.05, 0) is 23.8 Å². The van der Waals surface area contributed by atoms with Crippen LogP contribution >= 0.6 is 11.6 Å². The minimum atomic E-state index is -0.464. The highest BCUT2D eigenvalue weighted by molar-refractivity contribution is 6.31. The normalized spacial score (nSPS) is 11.4. The fraction of sp³-hybridized carbons (Fsp3) is 0.182. The molecule has 0 unspecified atom stereocenters. The van der Waals surface area contributed by atoms with Gasteiger partial charge in [0.25, 0.3) is 5.56 Å². The lowest BCUT2D eigenvalue weighted by Gasteiger charge is -2.10. The molecule has 0 aliphatic carbocycles. The zero-order valence-corrected chi connectivity index (χ0v) is 18.5. The van der Waals surface area contributed by atoms with Crippen LogP contribution in [0.5, 0.6) is 5.75 Å². The van der Waals surface area contributed by atoms with E-state index in [1.54, 1.807) is 31.0 Å². The Hall–Kier alpha value is -3.85. The van der Waals surface area contributed by atoms with Crippen molar-refractivity contribution in [2.75, 3.05) is 12.5 Å². The number of halogens is 1. The van der Waals surface area contributed by atoms with Crippen molar-refractivity contribution in [2.45, 2.75) is 6.54 Å². The van der Waals surface area contributed by atoms with E-state index in [-0.39, 0.29) is 17.7 Å². The molecule has 0 radical (unpaired) electrons. The van der Waals surface area contributed by atoms with Crippen LogP contribution in [0.3, 0.4) is 0 Å². The number of hydrazone groups is 1. The van der Waals surface area contributed by atoms with Crippen LogP contribution < -0.4 is 21.4 Å². The van der Waals surface area contributed by atoms with Crippen molar-refractivity contribution < 1.29 is 4.74 Å². The minimum absolute atomic E-state index is 0.250. The van der Waals surface area contributed by atoms with Gasteiger partial charge >= 0.3 is 5.69 Å². The van der Waals surface area contributed by atoms with Crippen molar-refractivity contribution in [2.24, 2.45) is 19.2 Å². The molecule has 0 aliphatic rings. The van der Waals surface area contributed by atoms with Crippen molar-refractivity contribution in [3.63, 3.8) is 0 Å². The van der Waals surface area contributed by atoms with Crippen LogP contribution in [0, 0.1) is 0 Å². The highest BCUT2D eigenvalue weighted by Gasteiger charge is 2.19. The zero-order valence-electron chi connectivity index (χ0n) is 17.7. The van der Waals surface area contributed by atoms with Crippen LogP contribution in [0.4, 0.5) is 5.95 Å². The number of hydrogen-bond acceptors (Lipinski definition) is 6. The van der Waals surface area contributed by atoms with E-state index in [4.69, 9.17) is 16.3 Å². The second kappa shape index (κ2) is 8.72. The van der Waals surface area contributed by atoms with Gasteiger partial charge in [0.05, 0.1) is 19.9 Å². The molecule has 2 aromatic carbocycles. The summed E-state index contributed by atoms with van der Waals surface area (Å²) in [6.45, 7) is 0.260. The highest BCUT2D eigenvalue weighted by Crippen LogP contribution is 2.22. The van der Waals surface area contributed by atoms with Gasteiger partial charge in [0.2, 0.25) is 5.95 Å². The lowest BCUT2D eigenvalue weighted by Crippen LogP contribution is -2.37. The summed E-state index contributed by atoms with van der Waals surface area (Å²) in [5.41, 5.74) is 4.05. The number of benzene rings is 2. The van der Waals surface area contributed by atoms with Crippen molar-refractivity contribution in [3.05, 3.63) is 85.5 Å². The summed E-state index contributed by atoms with van der Waals surface area (Å²) >= 11 is 6.35. The van der Waals surface area contributed by atoms with Gasteiger partial charge in [-0.25, -0.2) is 10.2 Å². The molecule has 2 heterocycles. The smallest absolute Gasteiger partial charge is 0.332 e. The Bertz CT molecular complexity index is 1450. The Balaban J connectivity index is 1.84. The van der Waals surface area contributed by atoms with E-state index in [1.165, 1.54) is 11.6 Å². The minimum Gasteiger partial charge on any atom is -0.496 e. The number of methoxy groups -OCH3 is 1. The highest BCUT2D eigenvalue weighted by atomic mass is 35.5. The van der Waals surface area contributed by atoms with Crippen molar-refractivity contribution in [3.8, 4) is 5.75 Å². The standard InChI is InChI=1S/C22H21ClN6O3/c1-27-19-18(20(30)28(2)22(27)31)29(13-15-9-4-6-10-16(15)23)21(25-19)26-24-12-14-8-5-7-11-17(14)32-3/h4-12H,13H2,1-3H3,(H,25,26)/b24-12-. The summed E-state index contributed by atoms with van der Waals surface area (Å²) in [6, 6.07) is 14.8. The first-order valence-electron chi connectivity index (χ1n) is 9.74. The van der Waals surface area contributed by atoms with Gasteiger partial charge in [0.1, 0.15) is 5.75 Å². The summed E-state index contributed by atoms with van der Waals surface area (Å²) in [4.78, 5) is 29.8. The first-order valence-corrected chi connectivity index (χ1v) is 10.1. The third-order valence-corrected chi connectivity index (χ3v) is 5.51. The number of rotatable bonds is 6. The number of hydrogen-bond donors (Lipinski definition) is 1. The third kappa shape index (κ3) is 3.78. The number of aromatic nitrogens is 4. The molecule has 0 amide bonds. The summed E-state index contributed by atoms with van der Waals surface area (Å²) < 4.78 is 9.38. The molecule has 2 aromatic heterocycles. The molecule has 0 saturated heterocycles. The molecule has 0 atom stereocenters. The Morgan fingerprint density at radius 1 is 1.09 bits per heavy atom. The van der Waals surface area contributed by atoms with Crippen LogP contribution in [-0.4, -0.2) is 32.0 Å². The molecule has 32 heavy (non-hydrogen) atoms. The first kappa shape index (κ1) is 21.4. The molecule has 0 bridgehead atoms. The van der Waals surface area contributed by atoms with Crippen molar-refractivity contribution >= 4 is 34.9 Å². The van der Waals surface area contributed by atoms with E-state index in [2.05, 4.69) is 15.5 Å². The molecular formula is C22H21ClN6O3. The van der Waals surface area contributed by atoms with E-state index in [9.17, 15) is 9.59 Å². The Labute approximate surface area is 188 Å². The predicted molar refractivity (Wildman–Crippen MR) is 125 cm³/mol. The molecule has 164 valence electrons. The number of nitrogens with zero attached hydrogens (tertiary/aromatic N) is 5. The zero-order chi connectivity index (χ0) is 22.8. The number of anilines is 1. The third-order valence-electron chi connectivity index (χ3n) is 5.14. The number of fused-ring (bicyclic) bond motifs is 1. The van der Waals surface area contributed by atoms with E-state index >= 15 is 0 Å². The second-order valence-corrected chi connectivity index (χ2v) is 7.51. The van der Waals surface area contributed by atoms with E-state index < -0.39 is 11.2 Å². The van der Waals surface area contributed by atoms with Crippen LogP contribution in [-0.2, 0) is 20.6 Å². The lowest BCUT2D eigenvalue weighted by molar-refractivity contribution is 0.414. The van der Waals surface area contributed by atoms with Gasteiger partial charge in [-0.15, -0.1) is 0 Å². The van der Waals surface area contributed by atoms with Gasteiger partial charge in [0, 0.05) is 24.7 Å². The van der Waals surface area contributed by atoms with Gasteiger partial charge in [0.15, 0.2) is 11.2 Å². The molecule has 0 aliphatic heterocycles. The second-order valence-electron chi connectivity index (χ2n) is 7.10. The van der Waals surface area contributed by atoms with Gasteiger partial charge < -0.3 is 4.74 Å². The largest absolute Gasteiger partial charge is 0.496 e. The molecule has 0 fully saturated rings. The molecule has 0 saturated carbocycles. The van der Waals surface area contributed by atoms with Crippen LogP contribution in [0.15, 0.2) is 63.2 Å². The number of imidazole rings is 1. The molecule has 4 aromatic rings. The first-order chi connectivity index (χ1) is 15.4. The van der Waals surface area contributed by atoms with Crippen LogP contribution in [0.1, 0.15) is 11.1 Å². The molecular weight excluding hydrogens is 432 g/mol. The summed E-state index contributed by atoms with van der Waals surface area (Å²) in [6.07, 6.45) is 1.59. The lowest BCUT2D eigenvalue weighted by atomic mass is 10.2. The van der Waals surface area contributed by atoms with Crippen molar-refractivity contribution in [1.82, 2.24) is 18.7 Å². The Morgan fingerprint density at radius 2 is 1.81 bits per heavy atom. The Morgan fingerprint density at radius 3 is 2.56 bits per heavy atom. The Kier molecular flexibility index (Phi) is 5.83. The van der Waals surface area contributed by atoms with Crippen LogP contribution in [0.25, 0.3) is 11.2 Å².